The third-order valence-corrected chi connectivity index (χ3v) is 3.08. The Bertz CT molecular complexity index is 800. The number of hydrogen-bond donors (Lipinski definition) is 1. The van der Waals surface area contributed by atoms with Crippen LogP contribution in [0.1, 0.15) is 16.1 Å². The van der Waals surface area contributed by atoms with Gasteiger partial charge in [-0.1, -0.05) is 0 Å². The molecule has 0 bridgehead atoms. The maximum atomic E-state index is 12.2. The van der Waals surface area contributed by atoms with Crippen LogP contribution in [0.5, 0.6) is 0 Å². The quantitative estimate of drug-likeness (QED) is 0.760. The van der Waals surface area contributed by atoms with E-state index in [-0.39, 0.29) is 5.91 Å². The highest BCUT2D eigenvalue weighted by atomic mass is 16.1. The van der Waals surface area contributed by atoms with Crippen LogP contribution in [-0.2, 0) is 14.1 Å². The molecule has 3 rings (SSSR count). The molecule has 0 aliphatic rings. The van der Waals surface area contributed by atoms with Crippen LogP contribution in [-0.4, -0.2) is 30.5 Å². The van der Waals surface area contributed by atoms with Crippen molar-refractivity contribution in [3.8, 4) is 0 Å². The van der Waals surface area contributed by atoms with E-state index >= 15 is 0 Å². The van der Waals surface area contributed by atoms with E-state index in [0.717, 1.165) is 16.7 Å². The van der Waals surface area contributed by atoms with Crippen LogP contribution in [0.3, 0.4) is 0 Å². The molecule has 0 aliphatic heterocycles. The van der Waals surface area contributed by atoms with Crippen molar-refractivity contribution >= 4 is 22.8 Å². The summed E-state index contributed by atoms with van der Waals surface area (Å²) in [6.07, 6.45) is 3.31. The van der Waals surface area contributed by atoms with E-state index in [1.165, 1.54) is 0 Å². The molecule has 0 unspecified atom stereocenters. The molecule has 3 aromatic heterocycles. The minimum Gasteiger partial charge on any atom is -0.305 e. The molecule has 0 atom stereocenters. The van der Waals surface area contributed by atoms with Crippen molar-refractivity contribution in [1.29, 1.82) is 0 Å². The van der Waals surface area contributed by atoms with Gasteiger partial charge in [0.1, 0.15) is 0 Å². The summed E-state index contributed by atoms with van der Waals surface area (Å²) in [5.74, 6) is 0.279. The number of anilines is 1. The molecule has 0 saturated heterocycles. The zero-order valence-electron chi connectivity index (χ0n) is 11.5. The molecule has 102 valence electrons. The second kappa shape index (κ2) is 4.44. The van der Waals surface area contributed by atoms with Gasteiger partial charge >= 0.3 is 0 Å². The van der Waals surface area contributed by atoms with E-state index in [1.807, 2.05) is 14.0 Å². The number of aromatic nitrogens is 5. The Kier molecular flexibility index (Phi) is 2.74. The molecule has 7 heteroatoms. The number of fused-ring (bicyclic) bond motifs is 1. The summed E-state index contributed by atoms with van der Waals surface area (Å²) in [6.45, 7) is 1.89. The zero-order valence-corrected chi connectivity index (χ0v) is 11.5. The van der Waals surface area contributed by atoms with E-state index in [9.17, 15) is 4.79 Å². The van der Waals surface area contributed by atoms with Gasteiger partial charge in [0.15, 0.2) is 11.5 Å². The Labute approximate surface area is 115 Å². The van der Waals surface area contributed by atoms with Crippen LogP contribution in [0.2, 0.25) is 0 Å². The summed E-state index contributed by atoms with van der Waals surface area (Å²) in [6, 6.07) is 3.53. The molecule has 3 aromatic rings. The van der Waals surface area contributed by atoms with Gasteiger partial charge < -0.3 is 5.32 Å². The molecular formula is C13H14N6O. The zero-order chi connectivity index (χ0) is 14.3. The van der Waals surface area contributed by atoms with Gasteiger partial charge in [0.05, 0.1) is 11.3 Å². The molecule has 1 N–H and O–H groups in total. The summed E-state index contributed by atoms with van der Waals surface area (Å²) in [7, 11) is 3.62. The van der Waals surface area contributed by atoms with Gasteiger partial charge in [-0.05, 0) is 13.0 Å². The number of pyridine rings is 1. The lowest BCUT2D eigenvalue weighted by Crippen LogP contribution is -2.13. The third kappa shape index (κ3) is 2.03. The fourth-order valence-electron chi connectivity index (χ4n) is 2.10. The highest BCUT2D eigenvalue weighted by molar-refractivity contribution is 6.05. The fraction of sp³-hybridized carbons (Fsp3) is 0.231. The lowest BCUT2D eigenvalue weighted by Gasteiger charge is -2.02. The summed E-state index contributed by atoms with van der Waals surface area (Å²) >= 11 is 0. The number of aryl methyl sites for hydroxylation is 3. The smallest absolute Gasteiger partial charge is 0.258 e. The van der Waals surface area contributed by atoms with Gasteiger partial charge in [-0.3, -0.25) is 14.2 Å². The van der Waals surface area contributed by atoms with Crippen molar-refractivity contribution in [2.45, 2.75) is 6.92 Å². The van der Waals surface area contributed by atoms with Crippen molar-refractivity contribution in [3.63, 3.8) is 0 Å². The number of nitrogens with zero attached hydrogens (tertiary/aromatic N) is 5. The Balaban J connectivity index is 1.93. The largest absolute Gasteiger partial charge is 0.305 e. The SMILES string of the molecule is Cc1nn(C)c2ncc(C(=O)Nc3ccn(C)n3)cc12. The highest BCUT2D eigenvalue weighted by Crippen LogP contribution is 2.17. The van der Waals surface area contributed by atoms with Gasteiger partial charge in [0, 0.05) is 37.9 Å². The van der Waals surface area contributed by atoms with Crippen LogP contribution < -0.4 is 5.32 Å². The van der Waals surface area contributed by atoms with Gasteiger partial charge in [-0.15, -0.1) is 0 Å². The minimum atomic E-state index is -0.235. The Morgan fingerprint density at radius 2 is 2.10 bits per heavy atom. The predicted molar refractivity (Wildman–Crippen MR) is 74.4 cm³/mol. The topological polar surface area (TPSA) is 77.6 Å². The summed E-state index contributed by atoms with van der Waals surface area (Å²) in [5, 5.41) is 12.0. The second-order valence-electron chi connectivity index (χ2n) is 4.63. The van der Waals surface area contributed by atoms with Crippen molar-refractivity contribution in [1.82, 2.24) is 24.5 Å². The third-order valence-electron chi connectivity index (χ3n) is 3.08. The lowest BCUT2D eigenvalue weighted by molar-refractivity contribution is 0.102. The van der Waals surface area contributed by atoms with E-state index in [0.29, 0.717) is 11.4 Å². The predicted octanol–water partition coefficient (Wildman–Crippen LogP) is 1.26. The first-order valence-corrected chi connectivity index (χ1v) is 6.15. The number of carbonyl (C=O) groups excluding carboxylic acids is 1. The van der Waals surface area contributed by atoms with Gasteiger partial charge in [0.2, 0.25) is 0 Å². The van der Waals surface area contributed by atoms with Crippen molar-refractivity contribution < 1.29 is 4.79 Å². The molecule has 0 radical (unpaired) electrons. The molecule has 1 amide bonds. The number of amides is 1. The first kappa shape index (κ1) is 12.3. The second-order valence-corrected chi connectivity index (χ2v) is 4.63. The molecule has 0 spiro atoms. The summed E-state index contributed by atoms with van der Waals surface area (Å²) < 4.78 is 3.33. The first-order chi connectivity index (χ1) is 9.54. The fourth-order valence-corrected chi connectivity index (χ4v) is 2.10. The summed E-state index contributed by atoms with van der Waals surface area (Å²) in [4.78, 5) is 16.4. The monoisotopic (exact) mass is 270 g/mol. The Morgan fingerprint density at radius 3 is 2.80 bits per heavy atom. The van der Waals surface area contributed by atoms with Gasteiger partial charge in [0.25, 0.3) is 5.91 Å². The van der Waals surface area contributed by atoms with Crippen molar-refractivity contribution in [2.75, 3.05) is 5.32 Å². The molecule has 0 saturated carbocycles. The first-order valence-electron chi connectivity index (χ1n) is 6.15. The van der Waals surface area contributed by atoms with Crippen LogP contribution in [0.25, 0.3) is 11.0 Å². The summed E-state index contributed by atoms with van der Waals surface area (Å²) in [5.41, 5.74) is 2.10. The van der Waals surface area contributed by atoms with E-state index < -0.39 is 0 Å². The molecule has 0 aliphatic carbocycles. The molecule has 0 aromatic carbocycles. The number of hydrogen-bond acceptors (Lipinski definition) is 4. The molecule has 7 nitrogen and oxygen atoms in total. The van der Waals surface area contributed by atoms with Crippen LogP contribution in [0, 0.1) is 6.92 Å². The van der Waals surface area contributed by atoms with Gasteiger partial charge in [-0.25, -0.2) is 4.98 Å². The lowest BCUT2D eigenvalue weighted by atomic mass is 10.2. The Morgan fingerprint density at radius 1 is 1.30 bits per heavy atom. The van der Waals surface area contributed by atoms with Crippen LogP contribution in [0.4, 0.5) is 5.82 Å². The molecule has 3 heterocycles. The maximum absolute atomic E-state index is 12.2. The normalized spacial score (nSPS) is 10.9. The Hall–Kier alpha value is -2.70. The molecule has 20 heavy (non-hydrogen) atoms. The minimum absolute atomic E-state index is 0.235. The average molecular weight is 270 g/mol. The molecule has 0 fully saturated rings. The van der Waals surface area contributed by atoms with Crippen molar-refractivity contribution in [2.24, 2.45) is 14.1 Å². The standard InChI is InChI=1S/C13H14N6O/c1-8-10-6-9(7-14-12(10)19(3)16-8)13(20)15-11-4-5-18(2)17-11/h4-7H,1-3H3,(H,15,17,20). The van der Waals surface area contributed by atoms with E-state index in [4.69, 9.17) is 0 Å². The van der Waals surface area contributed by atoms with E-state index in [2.05, 4.69) is 20.5 Å². The van der Waals surface area contributed by atoms with Crippen molar-refractivity contribution in [3.05, 3.63) is 35.8 Å². The van der Waals surface area contributed by atoms with Gasteiger partial charge in [-0.2, -0.15) is 10.2 Å². The molecular weight excluding hydrogens is 256 g/mol. The number of carbonyl (C=O) groups is 1. The van der Waals surface area contributed by atoms with Crippen LogP contribution in [0.15, 0.2) is 24.5 Å². The number of nitrogens with one attached hydrogen (secondary N) is 1. The van der Waals surface area contributed by atoms with Crippen LogP contribution >= 0.6 is 0 Å². The maximum Gasteiger partial charge on any atom is 0.258 e. The van der Waals surface area contributed by atoms with E-state index in [1.54, 1.807) is 40.9 Å². The highest BCUT2D eigenvalue weighted by Gasteiger charge is 2.12. The number of rotatable bonds is 2. The average Bonchev–Trinajstić information content (AvgIpc) is 2.94.